The normalized spacial score (nSPS) is 19.3. The van der Waals surface area contributed by atoms with Crippen molar-refractivity contribution in [3.63, 3.8) is 0 Å². The molecule has 3 atom stereocenters. The number of benzene rings is 1. The van der Waals surface area contributed by atoms with Gasteiger partial charge >= 0.3 is 0 Å². The molecule has 26 heavy (non-hydrogen) atoms. The first kappa shape index (κ1) is 19.9. The summed E-state index contributed by atoms with van der Waals surface area (Å²) < 4.78 is 16.0. The van der Waals surface area contributed by atoms with Crippen LogP contribution in [-0.4, -0.2) is 39.7 Å². The smallest absolute Gasteiger partial charge is 0.223 e. The molecule has 3 unspecified atom stereocenters. The van der Waals surface area contributed by atoms with Crippen molar-refractivity contribution in [3.8, 4) is 17.2 Å². The van der Waals surface area contributed by atoms with Gasteiger partial charge in [0.15, 0.2) is 11.5 Å². The Morgan fingerprint density at radius 2 is 1.73 bits per heavy atom. The molecule has 1 aromatic rings. The van der Waals surface area contributed by atoms with Crippen LogP contribution in [0.3, 0.4) is 0 Å². The van der Waals surface area contributed by atoms with E-state index in [4.69, 9.17) is 14.2 Å². The highest BCUT2D eigenvalue weighted by Gasteiger charge is 2.38. The van der Waals surface area contributed by atoms with Crippen LogP contribution in [0.2, 0.25) is 0 Å². The first-order chi connectivity index (χ1) is 12.4. The van der Waals surface area contributed by atoms with E-state index in [1.807, 2.05) is 19.1 Å². The maximum absolute atomic E-state index is 12.1. The van der Waals surface area contributed by atoms with Gasteiger partial charge in [-0.3, -0.25) is 9.59 Å². The second kappa shape index (κ2) is 8.78. The zero-order valence-corrected chi connectivity index (χ0v) is 16.0. The number of amides is 2. The van der Waals surface area contributed by atoms with E-state index in [0.29, 0.717) is 29.7 Å². The number of ether oxygens (including phenoxy) is 3. The molecule has 2 rings (SSSR count). The van der Waals surface area contributed by atoms with Crippen LogP contribution in [0, 0.1) is 11.8 Å². The van der Waals surface area contributed by atoms with Crippen LogP contribution in [-0.2, 0) is 9.59 Å². The molecule has 0 aliphatic heterocycles. The Morgan fingerprint density at radius 1 is 1.15 bits per heavy atom. The Kier molecular flexibility index (Phi) is 6.71. The zero-order chi connectivity index (χ0) is 19.3. The molecule has 0 aromatic heterocycles. The lowest BCUT2D eigenvalue weighted by Crippen LogP contribution is -2.32. The quantitative estimate of drug-likeness (QED) is 0.700. The van der Waals surface area contributed by atoms with Crippen LogP contribution in [0.1, 0.15) is 38.3 Å². The van der Waals surface area contributed by atoms with Crippen LogP contribution >= 0.6 is 0 Å². The highest BCUT2D eigenvalue weighted by atomic mass is 16.5. The van der Waals surface area contributed by atoms with Crippen molar-refractivity contribution in [2.24, 2.45) is 11.8 Å². The van der Waals surface area contributed by atoms with Gasteiger partial charge in [0, 0.05) is 18.9 Å². The summed E-state index contributed by atoms with van der Waals surface area (Å²) in [4.78, 5) is 23.9. The van der Waals surface area contributed by atoms with Gasteiger partial charge in [-0.15, -0.1) is 0 Å². The minimum Gasteiger partial charge on any atom is -0.493 e. The second-order valence-electron chi connectivity index (χ2n) is 6.61. The monoisotopic (exact) mass is 364 g/mol. The van der Waals surface area contributed by atoms with Crippen LogP contribution < -0.4 is 24.8 Å². The fourth-order valence-electron chi connectivity index (χ4n) is 2.87. The van der Waals surface area contributed by atoms with Crippen LogP contribution in [0.4, 0.5) is 0 Å². The number of hydrogen-bond donors (Lipinski definition) is 2. The third-order valence-electron chi connectivity index (χ3n) is 4.66. The van der Waals surface area contributed by atoms with Gasteiger partial charge in [0.1, 0.15) is 0 Å². The number of hydrogen-bond acceptors (Lipinski definition) is 5. The fraction of sp³-hybridized carbons (Fsp3) is 0.579. The molecule has 0 bridgehead atoms. The Labute approximate surface area is 154 Å². The molecule has 144 valence electrons. The largest absolute Gasteiger partial charge is 0.493 e. The van der Waals surface area contributed by atoms with E-state index in [0.717, 1.165) is 12.0 Å². The van der Waals surface area contributed by atoms with E-state index in [2.05, 4.69) is 17.6 Å². The Balaban J connectivity index is 1.90. The average Bonchev–Trinajstić information content (AvgIpc) is 3.36. The predicted molar refractivity (Wildman–Crippen MR) is 97.6 cm³/mol. The van der Waals surface area contributed by atoms with Crippen LogP contribution in [0.25, 0.3) is 0 Å². The van der Waals surface area contributed by atoms with Gasteiger partial charge in [-0.25, -0.2) is 0 Å². The molecule has 1 aromatic carbocycles. The summed E-state index contributed by atoms with van der Waals surface area (Å²) in [6, 6.07) is 3.38. The molecule has 1 aliphatic rings. The van der Waals surface area contributed by atoms with Gasteiger partial charge in [0.2, 0.25) is 17.6 Å². The highest BCUT2D eigenvalue weighted by Crippen LogP contribution is 2.39. The molecular weight excluding hydrogens is 336 g/mol. The van der Waals surface area contributed by atoms with Gasteiger partial charge < -0.3 is 24.8 Å². The maximum atomic E-state index is 12.1. The molecular formula is C19H28N2O5. The molecule has 7 heteroatoms. The van der Waals surface area contributed by atoms with E-state index >= 15 is 0 Å². The number of carbonyl (C=O) groups is 2. The average molecular weight is 364 g/mol. The van der Waals surface area contributed by atoms with E-state index in [1.54, 1.807) is 21.3 Å². The number of nitrogens with one attached hydrogen (secondary N) is 2. The Bertz CT molecular complexity index is 636. The fourth-order valence-corrected chi connectivity index (χ4v) is 2.87. The summed E-state index contributed by atoms with van der Waals surface area (Å²) >= 11 is 0. The summed E-state index contributed by atoms with van der Waals surface area (Å²) in [5.41, 5.74) is 0.837. The minimum atomic E-state index is -0.240. The molecule has 2 amide bonds. The summed E-state index contributed by atoms with van der Waals surface area (Å²) in [7, 11) is 4.64. The number of carbonyl (C=O) groups excluding carboxylic acids is 2. The van der Waals surface area contributed by atoms with E-state index < -0.39 is 0 Å². The second-order valence-corrected chi connectivity index (χ2v) is 6.61. The molecule has 0 heterocycles. The highest BCUT2D eigenvalue weighted by molar-refractivity contribution is 5.82. The van der Waals surface area contributed by atoms with Crippen LogP contribution in [0.15, 0.2) is 12.1 Å². The zero-order valence-electron chi connectivity index (χ0n) is 16.0. The lowest BCUT2D eigenvalue weighted by Gasteiger charge is -2.19. The van der Waals surface area contributed by atoms with Gasteiger partial charge in [0.25, 0.3) is 0 Å². The van der Waals surface area contributed by atoms with E-state index in [1.165, 1.54) is 0 Å². The van der Waals surface area contributed by atoms with E-state index in [-0.39, 0.29) is 30.2 Å². The lowest BCUT2D eigenvalue weighted by molar-refractivity contribution is -0.123. The lowest BCUT2D eigenvalue weighted by atomic mass is 10.1. The summed E-state index contributed by atoms with van der Waals surface area (Å²) in [5, 5.41) is 5.74. The van der Waals surface area contributed by atoms with Crippen molar-refractivity contribution in [2.45, 2.75) is 32.7 Å². The van der Waals surface area contributed by atoms with E-state index in [9.17, 15) is 9.59 Å². The topological polar surface area (TPSA) is 85.9 Å². The van der Waals surface area contributed by atoms with Crippen molar-refractivity contribution in [1.29, 1.82) is 0 Å². The standard InChI is InChI=1S/C19H28N2O5/c1-11-8-14(11)19(23)20-7-6-17(22)21-12(2)13-9-15(24-3)18(26-5)16(10-13)25-4/h9-12,14H,6-8H2,1-5H3,(H,20,23)(H,21,22). The van der Waals surface area contributed by atoms with Gasteiger partial charge in [-0.05, 0) is 37.0 Å². The van der Waals surface area contributed by atoms with Crippen molar-refractivity contribution in [3.05, 3.63) is 17.7 Å². The number of rotatable bonds is 9. The summed E-state index contributed by atoms with van der Waals surface area (Å²) in [6.07, 6.45) is 1.18. The number of methoxy groups -OCH3 is 3. The van der Waals surface area contributed by atoms with Gasteiger partial charge in [-0.1, -0.05) is 6.92 Å². The third kappa shape index (κ3) is 4.80. The minimum absolute atomic E-state index is 0.0444. The van der Waals surface area contributed by atoms with Crippen LogP contribution in [0.5, 0.6) is 17.2 Å². The first-order valence-corrected chi connectivity index (χ1v) is 8.78. The van der Waals surface area contributed by atoms with Crippen molar-refractivity contribution >= 4 is 11.8 Å². The summed E-state index contributed by atoms with van der Waals surface area (Å²) in [6.45, 7) is 4.27. The molecule has 0 saturated heterocycles. The Hall–Kier alpha value is -2.44. The van der Waals surface area contributed by atoms with Gasteiger partial charge in [-0.2, -0.15) is 0 Å². The molecule has 0 spiro atoms. The molecule has 0 radical (unpaired) electrons. The molecule has 2 N–H and O–H groups in total. The molecule has 1 fully saturated rings. The molecule has 7 nitrogen and oxygen atoms in total. The van der Waals surface area contributed by atoms with Crippen molar-refractivity contribution < 1.29 is 23.8 Å². The SMILES string of the molecule is COc1cc(C(C)NC(=O)CCNC(=O)C2CC2C)cc(OC)c1OC. The van der Waals surface area contributed by atoms with Crippen molar-refractivity contribution in [2.75, 3.05) is 27.9 Å². The van der Waals surface area contributed by atoms with Crippen molar-refractivity contribution in [1.82, 2.24) is 10.6 Å². The molecule has 1 aliphatic carbocycles. The maximum Gasteiger partial charge on any atom is 0.223 e. The summed E-state index contributed by atoms with van der Waals surface area (Å²) in [5.74, 6) is 2.08. The third-order valence-corrected chi connectivity index (χ3v) is 4.66. The Morgan fingerprint density at radius 3 is 2.19 bits per heavy atom. The van der Waals surface area contributed by atoms with Gasteiger partial charge in [0.05, 0.1) is 27.4 Å². The first-order valence-electron chi connectivity index (χ1n) is 8.78. The molecule has 1 saturated carbocycles. The predicted octanol–water partition coefficient (Wildman–Crippen LogP) is 2.05.